The van der Waals surface area contributed by atoms with E-state index in [-0.39, 0.29) is 6.04 Å². The molecule has 1 aromatic carbocycles. The van der Waals surface area contributed by atoms with Crippen LogP contribution in [0.25, 0.3) is 0 Å². The first-order valence-corrected chi connectivity index (χ1v) is 6.36. The molecule has 3 nitrogen and oxygen atoms in total. The molecular formula is C14H24N2O. The summed E-state index contributed by atoms with van der Waals surface area (Å²) < 4.78 is 0. The van der Waals surface area contributed by atoms with Gasteiger partial charge in [-0.1, -0.05) is 13.0 Å². The predicted octanol–water partition coefficient (Wildman–Crippen LogP) is 3.04. The van der Waals surface area contributed by atoms with E-state index in [0.29, 0.717) is 11.8 Å². The summed E-state index contributed by atoms with van der Waals surface area (Å²) >= 11 is 0. The van der Waals surface area contributed by atoms with Crippen LogP contribution in [0.5, 0.6) is 5.75 Å². The Morgan fingerprint density at radius 2 is 1.94 bits per heavy atom. The fourth-order valence-electron chi connectivity index (χ4n) is 2.06. The molecule has 0 aliphatic carbocycles. The Hall–Kier alpha value is -1.22. The van der Waals surface area contributed by atoms with Crippen molar-refractivity contribution in [3.63, 3.8) is 0 Å². The Balaban J connectivity index is 3.03. The zero-order valence-corrected chi connectivity index (χ0v) is 11.3. The molecule has 1 rings (SSSR count). The lowest BCUT2D eigenvalue weighted by molar-refractivity contribution is 0.463. The maximum Gasteiger partial charge on any atom is 0.122 e. The lowest BCUT2D eigenvalue weighted by Gasteiger charge is -2.30. The molecule has 0 radical (unpaired) electrons. The van der Waals surface area contributed by atoms with Gasteiger partial charge < -0.3 is 15.7 Å². The molecule has 0 bridgehead atoms. The number of benzene rings is 1. The first-order chi connectivity index (χ1) is 8.01. The first-order valence-electron chi connectivity index (χ1n) is 6.36. The van der Waals surface area contributed by atoms with Crippen LogP contribution in [0.15, 0.2) is 18.2 Å². The monoisotopic (exact) mass is 236 g/mol. The summed E-state index contributed by atoms with van der Waals surface area (Å²) in [6.45, 7) is 9.30. The Labute approximate surface area is 104 Å². The van der Waals surface area contributed by atoms with Crippen LogP contribution in [-0.2, 0) is 0 Å². The van der Waals surface area contributed by atoms with Gasteiger partial charge in [-0.3, -0.25) is 0 Å². The van der Waals surface area contributed by atoms with E-state index < -0.39 is 0 Å². The second-order valence-corrected chi connectivity index (χ2v) is 4.58. The van der Waals surface area contributed by atoms with Gasteiger partial charge in [0.1, 0.15) is 5.75 Å². The van der Waals surface area contributed by atoms with Crippen molar-refractivity contribution in [1.82, 2.24) is 0 Å². The van der Waals surface area contributed by atoms with E-state index >= 15 is 0 Å². The Morgan fingerprint density at radius 3 is 2.35 bits per heavy atom. The smallest absolute Gasteiger partial charge is 0.122 e. The lowest BCUT2D eigenvalue weighted by atomic mass is 10.1. The van der Waals surface area contributed by atoms with Crippen LogP contribution in [0.3, 0.4) is 0 Å². The molecule has 2 atom stereocenters. The summed E-state index contributed by atoms with van der Waals surface area (Å²) in [5.41, 5.74) is 7.64. The largest absolute Gasteiger partial charge is 0.508 e. The lowest BCUT2D eigenvalue weighted by Crippen LogP contribution is -2.32. The van der Waals surface area contributed by atoms with Crippen molar-refractivity contribution in [2.45, 2.75) is 46.2 Å². The molecule has 0 aromatic heterocycles. The number of rotatable bonds is 5. The van der Waals surface area contributed by atoms with Crippen molar-refractivity contribution in [2.24, 2.45) is 5.73 Å². The number of hydrogen-bond donors (Lipinski definition) is 2. The molecule has 0 fully saturated rings. The van der Waals surface area contributed by atoms with E-state index in [4.69, 9.17) is 5.73 Å². The van der Waals surface area contributed by atoms with Crippen LogP contribution in [-0.4, -0.2) is 17.7 Å². The van der Waals surface area contributed by atoms with Crippen molar-refractivity contribution in [1.29, 1.82) is 0 Å². The minimum absolute atomic E-state index is 0.136. The minimum Gasteiger partial charge on any atom is -0.508 e. The van der Waals surface area contributed by atoms with Crippen molar-refractivity contribution in [3.8, 4) is 5.75 Å². The van der Waals surface area contributed by atoms with Gasteiger partial charge in [0.15, 0.2) is 0 Å². The molecule has 96 valence electrons. The molecule has 0 saturated heterocycles. The Morgan fingerprint density at radius 1 is 1.29 bits per heavy atom. The summed E-state index contributed by atoms with van der Waals surface area (Å²) in [7, 11) is 0. The van der Waals surface area contributed by atoms with Gasteiger partial charge in [0, 0.05) is 35.9 Å². The summed E-state index contributed by atoms with van der Waals surface area (Å²) in [5.74, 6) is 0.291. The van der Waals surface area contributed by atoms with Gasteiger partial charge in [0.2, 0.25) is 0 Å². The van der Waals surface area contributed by atoms with Crippen LogP contribution in [0.1, 0.15) is 45.7 Å². The normalized spacial score (nSPS) is 14.4. The van der Waals surface area contributed by atoms with Crippen LogP contribution in [0.2, 0.25) is 0 Å². The second-order valence-electron chi connectivity index (χ2n) is 4.58. The zero-order valence-electron chi connectivity index (χ0n) is 11.3. The molecule has 0 aliphatic heterocycles. The quantitative estimate of drug-likeness (QED) is 0.826. The SMILES string of the molecule is CCC(C)N(CC)c1ccc(C(C)N)c(O)c1. The third-order valence-electron chi connectivity index (χ3n) is 3.30. The molecule has 0 spiro atoms. The number of anilines is 1. The average molecular weight is 236 g/mol. The number of aromatic hydroxyl groups is 1. The first kappa shape index (κ1) is 13.8. The van der Waals surface area contributed by atoms with Crippen LogP contribution >= 0.6 is 0 Å². The van der Waals surface area contributed by atoms with Crippen molar-refractivity contribution >= 4 is 5.69 Å². The van der Waals surface area contributed by atoms with E-state index in [1.165, 1.54) is 0 Å². The second kappa shape index (κ2) is 5.92. The number of nitrogens with two attached hydrogens (primary N) is 1. The number of nitrogens with zero attached hydrogens (tertiary/aromatic N) is 1. The van der Waals surface area contributed by atoms with Gasteiger partial charge in [-0.2, -0.15) is 0 Å². The minimum atomic E-state index is -0.136. The maximum atomic E-state index is 9.95. The van der Waals surface area contributed by atoms with Gasteiger partial charge >= 0.3 is 0 Å². The molecule has 0 heterocycles. The summed E-state index contributed by atoms with van der Waals surface area (Å²) in [5, 5.41) is 9.95. The fourth-order valence-corrected chi connectivity index (χ4v) is 2.06. The number of hydrogen-bond acceptors (Lipinski definition) is 3. The van der Waals surface area contributed by atoms with Crippen LogP contribution in [0.4, 0.5) is 5.69 Å². The Bertz CT molecular complexity index is 363. The molecule has 17 heavy (non-hydrogen) atoms. The third kappa shape index (κ3) is 3.13. The fraction of sp³-hybridized carbons (Fsp3) is 0.571. The number of phenols is 1. The predicted molar refractivity (Wildman–Crippen MR) is 73.5 cm³/mol. The van der Waals surface area contributed by atoms with Crippen molar-refractivity contribution < 1.29 is 5.11 Å². The zero-order chi connectivity index (χ0) is 13.0. The molecule has 0 aliphatic rings. The highest BCUT2D eigenvalue weighted by Crippen LogP contribution is 2.29. The molecule has 3 N–H and O–H groups in total. The molecule has 0 amide bonds. The van der Waals surface area contributed by atoms with E-state index in [9.17, 15) is 5.11 Å². The third-order valence-corrected chi connectivity index (χ3v) is 3.30. The van der Waals surface area contributed by atoms with Gasteiger partial charge in [-0.25, -0.2) is 0 Å². The molecule has 3 heteroatoms. The van der Waals surface area contributed by atoms with E-state index in [1.54, 1.807) is 0 Å². The van der Waals surface area contributed by atoms with Gasteiger partial charge in [-0.15, -0.1) is 0 Å². The highest BCUT2D eigenvalue weighted by molar-refractivity contribution is 5.54. The van der Waals surface area contributed by atoms with Crippen molar-refractivity contribution in [2.75, 3.05) is 11.4 Å². The molecule has 2 unspecified atom stereocenters. The Kier molecular flexibility index (Phi) is 4.82. The summed E-state index contributed by atoms with van der Waals surface area (Å²) in [4.78, 5) is 2.28. The van der Waals surface area contributed by atoms with Crippen LogP contribution < -0.4 is 10.6 Å². The number of phenolic OH excluding ortho intramolecular Hbond substituents is 1. The summed E-state index contributed by atoms with van der Waals surface area (Å²) in [6.07, 6.45) is 1.09. The maximum absolute atomic E-state index is 9.95. The van der Waals surface area contributed by atoms with E-state index in [1.807, 2.05) is 25.1 Å². The highest BCUT2D eigenvalue weighted by Gasteiger charge is 2.13. The highest BCUT2D eigenvalue weighted by atomic mass is 16.3. The summed E-state index contributed by atoms with van der Waals surface area (Å²) in [6, 6.07) is 6.10. The molecular weight excluding hydrogens is 212 g/mol. The van der Waals surface area contributed by atoms with Gasteiger partial charge in [0.25, 0.3) is 0 Å². The molecule has 1 aromatic rings. The average Bonchev–Trinajstić information content (AvgIpc) is 2.29. The van der Waals surface area contributed by atoms with E-state index in [2.05, 4.69) is 25.7 Å². The molecule has 0 saturated carbocycles. The standard InChI is InChI=1S/C14H24N2O/c1-5-10(3)16(6-2)12-7-8-13(11(4)15)14(17)9-12/h7-11,17H,5-6,15H2,1-4H3. The van der Waals surface area contributed by atoms with Gasteiger partial charge in [0.05, 0.1) is 0 Å². The topological polar surface area (TPSA) is 49.5 Å². The van der Waals surface area contributed by atoms with E-state index in [0.717, 1.165) is 24.2 Å². The van der Waals surface area contributed by atoms with Crippen LogP contribution in [0, 0.1) is 0 Å². The van der Waals surface area contributed by atoms with Gasteiger partial charge in [-0.05, 0) is 33.3 Å². The van der Waals surface area contributed by atoms with Crippen molar-refractivity contribution in [3.05, 3.63) is 23.8 Å².